The average molecular weight is 348 g/mol. The van der Waals surface area contributed by atoms with Gasteiger partial charge in [0.1, 0.15) is 5.75 Å². The summed E-state index contributed by atoms with van der Waals surface area (Å²) in [6.45, 7) is 6.95. The van der Waals surface area contributed by atoms with Crippen LogP contribution in [0, 0.1) is 12.8 Å². The van der Waals surface area contributed by atoms with Crippen molar-refractivity contribution in [1.82, 2.24) is 0 Å². The highest BCUT2D eigenvalue weighted by Gasteiger charge is 2.15. The van der Waals surface area contributed by atoms with Crippen molar-refractivity contribution in [3.8, 4) is 5.75 Å². The number of nitrogens with one attached hydrogen (secondary N) is 2. The SMILES string of the molecule is COc1ccc(S(=O)(=O)Nc2ccc(NCC(C)C)cc2)cc1C. The van der Waals surface area contributed by atoms with E-state index in [9.17, 15) is 8.42 Å². The van der Waals surface area contributed by atoms with Gasteiger partial charge in [0.25, 0.3) is 10.0 Å². The maximum atomic E-state index is 12.5. The van der Waals surface area contributed by atoms with E-state index in [0.29, 0.717) is 17.4 Å². The lowest BCUT2D eigenvalue weighted by atomic mass is 10.2. The minimum atomic E-state index is -3.63. The van der Waals surface area contributed by atoms with E-state index in [1.54, 1.807) is 31.4 Å². The number of benzene rings is 2. The van der Waals surface area contributed by atoms with E-state index < -0.39 is 10.0 Å². The van der Waals surface area contributed by atoms with Crippen LogP contribution >= 0.6 is 0 Å². The topological polar surface area (TPSA) is 67.4 Å². The van der Waals surface area contributed by atoms with Gasteiger partial charge in [-0.1, -0.05) is 13.8 Å². The molecule has 130 valence electrons. The van der Waals surface area contributed by atoms with Gasteiger partial charge < -0.3 is 10.1 Å². The van der Waals surface area contributed by atoms with Gasteiger partial charge in [0.2, 0.25) is 0 Å². The summed E-state index contributed by atoms with van der Waals surface area (Å²) in [5.41, 5.74) is 2.26. The summed E-state index contributed by atoms with van der Waals surface area (Å²) in [6, 6.07) is 12.0. The molecule has 5 nitrogen and oxygen atoms in total. The van der Waals surface area contributed by atoms with Crippen molar-refractivity contribution in [1.29, 1.82) is 0 Å². The fraction of sp³-hybridized carbons (Fsp3) is 0.333. The Morgan fingerprint density at radius 2 is 1.67 bits per heavy atom. The summed E-state index contributed by atoms with van der Waals surface area (Å²) in [4.78, 5) is 0.211. The first-order chi connectivity index (χ1) is 11.3. The van der Waals surface area contributed by atoms with Crippen LogP contribution in [0.3, 0.4) is 0 Å². The van der Waals surface area contributed by atoms with Gasteiger partial charge in [-0.2, -0.15) is 0 Å². The van der Waals surface area contributed by atoms with Gasteiger partial charge in [0.05, 0.1) is 12.0 Å². The lowest BCUT2D eigenvalue weighted by Crippen LogP contribution is -2.13. The number of anilines is 2. The van der Waals surface area contributed by atoms with E-state index >= 15 is 0 Å². The molecule has 0 radical (unpaired) electrons. The molecular formula is C18H24N2O3S. The van der Waals surface area contributed by atoms with Gasteiger partial charge in [0, 0.05) is 17.9 Å². The van der Waals surface area contributed by atoms with Gasteiger partial charge in [-0.15, -0.1) is 0 Å². The van der Waals surface area contributed by atoms with Crippen molar-refractivity contribution in [2.45, 2.75) is 25.7 Å². The van der Waals surface area contributed by atoms with Gasteiger partial charge >= 0.3 is 0 Å². The highest BCUT2D eigenvalue weighted by atomic mass is 32.2. The maximum absolute atomic E-state index is 12.5. The monoisotopic (exact) mass is 348 g/mol. The quantitative estimate of drug-likeness (QED) is 0.797. The van der Waals surface area contributed by atoms with Crippen LogP contribution in [-0.4, -0.2) is 22.1 Å². The van der Waals surface area contributed by atoms with E-state index in [1.807, 2.05) is 19.1 Å². The Labute approximate surface area is 144 Å². The van der Waals surface area contributed by atoms with Crippen LogP contribution in [0.25, 0.3) is 0 Å². The third-order valence-electron chi connectivity index (χ3n) is 3.53. The van der Waals surface area contributed by atoms with Crippen LogP contribution in [0.15, 0.2) is 47.4 Å². The second kappa shape index (κ2) is 7.57. The van der Waals surface area contributed by atoms with Crippen molar-refractivity contribution in [3.63, 3.8) is 0 Å². The van der Waals surface area contributed by atoms with Crippen LogP contribution in [0.5, 0.6) is 5.75 Å². The maximum Gasteiger partial charge on any atom is 0.261 e. The van der Waals surface area contributed by atoms with Gasteiger partial charge in [-0.3, -0.25) is 4.72 Å². The van der Waals surface area contributed by atoms with Gasteiger partial charge in [-0.05, 0) is 60.9 Å². The molecule has 2 N–H and O–H groups in total. The van der Waals surface area contributed by atoms with Crippen LogP contribution in [0.1, 0.15) is 19.4 Å². The highest BCUT2D eigenvalue weighted by Crippen LogP contribution is 2.23. The average Bonchev–Trinajstić information content (AvgIpc) is 2.53. The molecule has 2 aromatic carbocycles. The molecule has 0 atom stereocenters. The Hall–Kier alpha value is -2.21. The predicted molar refractivity (Wildman–Crippen MR) is 98.3 cm³/mol. The van der Waals surface area contributed by atoms with Crippen LogP contribution in [-0.2, 0) is 10.0 Å². The number of ether oxygens (including phenoxy) is 1. The van der Waals surface area contributed by atoms with Crippen molar-refractivity contribution >= 4 is 21.4 Å². The highest BCUT2D eigenvalue weighted by molar-refractivity contribution is 7.92. The summed E-state index contributed by atoms with van der Waals surface area (Å²) in [5, 5.41) is 3.29. The number of aryl methyl sites for hydroxylation is 1. The predicted octanol–water partition coefficient (Wildman–Crippen LogP) is 3.87. The summed E-state index contributed by atoms with van der Waals surface area (Å²) in [6.07, 6.45) is 0. The number of sulfonamides is 1. The Morgan fingerprint density at radius 3 is 2.21 bits per heavy atom. The molecule has 0 aliphatic heterocycles. The summed E-state index contributed by atoms with van der Waals surface area (Å²) < 4.78 is 32.7. The van der Waals surface area contributed by atoms with Crippen LogP contribution in [0.4, 0.5) is 11.4 Å². The lowest BCUT2D eigenvalue weighted by Gasteiger charge is -2.12. The molecule has 0 aliphatic rings. The van der Waals surface area contributed by atoms with Crippen LogP contribution in [0.2, 0.25) is 0 Å². The molecule has 0 spiro atoms. The molecule has 0 aliphatic carbocycles. The summed E-state index contributed by atoms with van der Waals surface area (Å²) in [5.74, 6) is 1.20. The fourth-order valence-electron chi connectivity index (χ4n) is 2.21. The zero-order valence-corrected chi connectivity index (χ0v) is 15.3. The first kappa shape index (κ1) is 18.1. The molecule has 6 heteroatoms. The third kappa shape index (κ3) is 4.64. The lowest BCUT2D eigenvalue weighted by molar-refractivity contribution is 0.411. The zero-order valence-electron chi connectivity index (χ0n) is 14.5. The van der Waals surface area contributed by atoms with E-state index in [4.69, 9.17) is 4.74 Å². The second-order valence-corrected chi connectivity index (χ2v) is 7.77. The third-order valence-corrected chi connectivity index (χ3v) is 4.91. The van der Waals surface area contributed by atoms with Crippen molar-refractivity contribution in [2.75, 3.05) is 23.7 Å². The molecule has 24 heavy (non-hydrogen) atoms. The number of hydrogen-bond donors (Lipinski definition) is 2. The molecule has 0 heterocycles. The van der Waals surface area contributed by atoms with E-state index in [0.717, 1.165) is 17.8 Å². The molecule has 0 amide bonds. The molecule has 0 aromatic heterocycles. The van der Waals surface area contributed by atoms with E-state index in [1.165, 1.54) is 6.07 Å². The first-order valence-electron chi connectivity index (χ1n) is 7.83. The first-order valence-corrected chi connectivity index (χ1v) is 9.31. The summed E-state index contributed by atoms with van der Waals surface area (Å²) in [7, 11) is -2.07. The summed E-state index contributed by atoms with van der Waals surface area (Å²) >= 11 is 0. The molecule has 0 unspecified atom stereocenters. The fourth-order valence-corrected chi connectivity index (χ4v) is 3.35. The van der Waals surface area contributed by atoms with Crippen molar-refractivity contribution in [2.24, 2.45) is 5.92 Å². The molecule has 0 saturated heterocycles. The second-order valence-electron chi connectivity index (χ2n) is 6.09. The Kier molecular flexibility index (Phi) is 5.72. The largest absolute Gasteiger partial charge is 0.496 e. The van der Waals surface area contributed by atoms with Crippen molar-refractivity contribution in [3.05, 3.63) is 48.0 Å². The Balaban J connectivity index is 2.12. The van der Waals surface area contributed by atoms with E-state index in [2.05, 4.69) is 23.9 Å². The Morgan fingerprint density at radius 1 is 1.04 bits per heavy atom. The zero-order chi connectivity index (χ0) is 17.7. The standard InChI is InChI=1S/C18H24N2O3S/c1-13(2)12-19-15-5-7-16(8-6-15)20-24(21,22)17-9-10-18(23-4)14(3)11-17/h5-11,13,19-20H,12H2,1-4H3. The van der Waals surface area contributed by atoms with E-state index in [-0.39, 0.29) is 4.90 Å². The molecule has 2 rings (SSSR count). The minimum Gasteiger partial charge on any atom is -0.496 e. The van der Waals surface area contributed by atoms with Crippen molar-refractivity contribution < 1.29 is 13.2 Å². The normalized spacial score (nSPS) is 11.4. The molecular weight excluding hydrogens is 324 g/mol. The van der Waals surface area contributed by atoms with Gasteiger partial charge in [-0.25, -0.2) is 8.42 Å². The molecule has 2 aromatic rings. The molecule has 0 saturated carbocycles. The minimum absolute atomic E-state index is 0.211. The molecule has 0 bridgehead atoms. The number of hydrogen-bond acceptors (Lipinski definition) is 4. The number of rotatable bonds is 7. The van der Waals surface area contributed by atoms with Gasteiger partial charge in [0.15, 0.2) is 0 Å². The Bertz CT molecular complexity index is 784. The number of methoxy groups -OCH3 is 1. The smallest absolute Gasteiger partial charge is 0.261 e. The molecule has 0 fully saturated rings. The van der Waals surface area contributed by atoms with Crippen LogP contribution < -0.4 is 14.8 Å².